The number of aromatic nitrogens is 2. The Balaban J connectivity index is 1.54. The molecule has 3 aromatic heterocycles. The fraction of sp³-hybridized carbons (Fsp3) is 0.391. The number of nitrogens with one attached hydrogen (secondary N) is 1. The highest BCUT2D eigenvalue weighted by Crippen LogP contribution is 2.35. The third-order valence-corrected chi connectivity index (χ3v) is 6.08. The smallest absolute Gasteiger partial charge is 0.257 e. The van der Waals surface area contributed by atoms with Crippen LogP contribution in [0.3, 0.4) is 0 Å². The Labute approximate surface area is 190 Å². The van der Waals surface area contributed by atoms with Crippen LogP contribution >= 0.6 is 11.3 Å². The predicted octanol–water partition coefficient (Wildman–Crippen LogP) is 4.59. The number of Topliss-reactive ketones (excluding diaryl/α,β-unsaturated/α-hetero) is 1. The van der Waals surface area contributed by atoms with Crippen LogP contribution < -0.4 is 5.32 Å². The second-order valence-corrected chi connectivity index (χ2v) is 8.47. The third kappa shape index (κ3) is 5.29. The summed E-state index contributed by atoms with van der Waals surface area (Å²) in [6, 6.07) is 6.83. The molecule has 32 heavy (non-hydrogen) atoms. The molecule has 0 radical (unpaired) electrons. The van der Waals surface area contributed by atoms with Gasteiger partial charge in [0.25, 0.3) is 5.91 Å². The van der Waals surface area contributed by atoms with Gasteiger partial charge in [0, 0.05) is 37.5 Å². The van der Waals surface area contributed by atoms with Crippen LogP contribution in [-0.4, -0.2) is 41.5 Å². The number of carbonyl (C=O) groups is 2. The first-order valence-electron chi connectivity index (χ1n) is 10.7. The highest BCUT2D eigenvalue weighted by Gasteiger charge is 2.29. The SMILES string of the molecule is CCCOCc1cc(C(=O)Nc2nc(-c3ccco3)c(C(=O)C3CCOCC3)s2)ccn1. The van der Waals surface area contributed by atoms with Crippen molar-refractivity contribution in [1.82, 2.24) is 9.97 Å². The van der Waals surface area contributed by atoms with Crippen molar-refractivity contribution in [3.05, 3.63) is 52.9 Å². The van der Waals surface area contributed by atoms with Gasteiger partial charge in [0.15, 0.2) is 16.7 Å². The number of hydrogen-bond acceptors (Lipinski definition) is 8. The largest absolute Gasteiger partial charge is 0.463 e. The van der Waals surface area contributed by atoms with Crippen LogP contribution in [0.4, 0.5) is 5.13 Å². The lowest BCUT2D eigenvalue weighted by Crippen LogP contribution is -2.23. The molecule has 4 rings (SSSR count). The number of amides is 1. The normalized spacial score (nSPS) is 14.4. The van der Waals surface area contributed by atoms with E-state index >= 15 is 0 Å². The van der Waals surface area contributed by atoms with Gasteiger partial charge in [-0.1, -0.05) is 18.3 Å². The molecule has 1 aliphatic rings. The van der Waals surface area contributed by atoms with Gasteiger partial charge >= 0.3 is 0 Å². The Morgan fingerprint density at radius 3 is 2.88 bits per heavy atom. The van der Waals surface area contributed by atoms with Gasteiger partial charge in [0.05, 0.1) is 18.6 Å². The molecule has 3 aromatic rings. The van der Waals surface area contributed by atoms with Crippen molar-refractivity contribution in [3.63, 3.8) is 0 Å². The van der Waals surface area contributed by atoms with Gasteiger partial charge in [-0.3, -0.25) is 19.9 Å². The molecule has 0 saturated carbocycles. The Morgan fingerprint density at radius 2 is 2.12 bits per heavy atom. The van der Waals surface area contributed by atoms with Crippen LogP contribution in [0.2, 0.25) is 0 Å². The summed E-state index contributed by atoms with van der Waals surface area (Å²) in [6.45, 7) is 4.15. The van der Waals surface area contributed by atoms with Crippen LogP contribution in [0.1, 0.15) is 51.9 Å². The van der Waals surface area contributed by atoms with Gasteiger partial charge in [0.2, 0.25) is 0 Å². The first-order valence-corrected chi connectivity index (χ1v) is 11.5. The summed E-state index contributed by atoms with van der Waals surface area (Å²) in [6.07, 6.45) is 5.38. The molecular weight excluding hydrogens is 430 g/mol. The van der Waals surface area contributed by atoms with Crippen LogP contribution in [0.25, 0.3) is 11.5 Å². The molecule has 0 atom stereocenters. The molecule has 9 heteroatoms. The Kier molecular flexibility index (Phi) is 7.41. The standard InChI is InChI=1S/C23H25N3O5S/c1-2-9-30-14-17-13-16(5-8-24-17)22(28)26-23-25-19(18-4-3-10-31-18)21(32-23)20(27)15-6-11-29-12-7-15/h3-5,8,10,13,15H,2,6-7,9,11-12,14H2,1H3,(H,25,26,28). The lowest BCUT2D eigenvalue weighted by Gasteiger charge is -2.20. The number of rotatable bonds is 9. The molecule has 0 aromatic carbocycles. The zero-order valence-electron chi connectivity index (χ0n) is 17.8. The topological polar surface area (TPSA) is 104 Å². The van der Waals surface area contributed by atoms with Crippen molar-refractivity contribution >= 4 is 28.2 Å². The van der Waals surface area contributed by atoms with Crippen LogP contribution in [-0.2, 0) is 16.1 Å². The van der Waals surface area contributed by atoms with Crippen molar-refractivity contribution in [1.29, 1.82) is 0 Å². The number of ether oxygens (including phenoxy) is 2. The second-order valence-electron chi connectivity index (χ2n) is 7.47. The van der Waals surface area contributed by atoms with E-state index in [0.717, 1.165) is 6.42 Å². The summed E-state index contributed by atoms with van der Waals surface area (Å²) in [5.74, 6) is 0.0645. The average molecular weight is 456 g/mol. The molecule has 1 N–H and O–H groups in total. The summed E-state index contributed by atoms with van der Waals surface area (Å²) in [4.78, 5) is 35.3. The molecule has 0 aliphatic carbocycles. The molecular formula is C23H25N3O5S. The lowest BCUT2D eigenvalue weighted by molar-refractivity contribution is 0.0547. The van der Waals surface area contributed by atoms with Crippen molar-refractivity contribution in [3.8, 4) is 11.5 Å². The van der Waals surface area contributed by atoms with Crippen LogP contribution in [0, 0.1) is 5.92 Å². The quantitative estimate of drug-likeness (QED) is 0.372. The number of pyridine rings is 1. The van der Waals surface area contributed by atoms with E-state index in [1.165, 1.54) is 17.6 Å². The minimum absolute atomic E-state index is 0.0111. The average Bonchev–Trinajstić information content (AvgIpc) is 3.50. The van der Waals surface area contributed by atoms with Gasteiger partial charge in [0.1, 0.15) is 10.6 Å². The fourth-order valence-electron chi connectivity index (χ4n) is 3.45. The number of ketones is 1. The zero-order chi connectivity index (χ0) is 22.3. The maximum atomic E-state index is 13.2. The molecule has 1 aliphatic heterocycles. The van der Waals surface area contributed by atoms with Crippen molar-refractivity contribution in [2.45, 2.75) is 32.8 Å². The predicted molar refractivity (Wildman–Crippen MR) is 120 cm³/mol. The first kappa shape index (κ1) is 22.3. The van der Waals surface area contributed by atoms with E-state index in [1.807, 2.05) is 6.92 Å². The van der Waals surface area contributed by atoms with E-state index in [9.17, 15) is 9.59 Å². The summed E-state index contributed by atoms with van der Waals surface area (Å²) < 4.78 is 16.4. The monoisotopic (exact) mass is 455 g/mol. The van der Waals surface area contributed by atoms with Crippen molar-refractivity contribution < 1.29 is 23.5 Å². The minimum atomic E-state index is -0.325. The van der Waals surface area contributed by atoms with Crippen LogP contribution in [0.5, 0.6) is 0 Å². The summed E-state index contributed by atoms with van der Waals surface area (Å²) in [5.41, 5.74) is 1.58. The van der Waals surface area contributed by atoms with Gasteiger partial charge in [-0.05, 0) is 43.5 Å². The molecule has 4 heterocycles. The Bertz CT molecular complexity index is 1060. The molecule has 1 fully saturated rings. The highest BCUT2D eigenvalue weighted by atomic mass is 32.1. The highest BCUT2D eigenvalue weighted by molar-refractivity contribution is 7.18. The van der Waals surface area contributed by atoms with Gasteiger partial charge in [-0.15, -0.1) is 0 Å². The van der Waals surface area contributed by atoms with Crippen LogP contribution in [0.15, 0.2) is 41.1 Å². The lowest BCUT2D eigenvalue weighted by atomic mass is 9.94. The second kappa shape index (κ2) is 10.6. The number of nitrogens with zero attached hydrogens (tertiary/aromatic N) is 2. The van der Waals surface area contributed by atoms with E-state index in [-0.39, 0.29) is 17.6 Å². The van der Waals surface area contributed by atoms with Crippen molar-refractivity contribution in [2.75, 3.05) is 25.1 Å². The van der Waals surface area contributed by atoms with E-state index in [0.29, 0.717) is 72.0 Å². The number of hydrogen-bond donors (Lipinski definition) is 1. The van der Waals surface area contributed by atoms with Gasteiger partial charge in [-0.25, -0.2) is 4.98 Å². The van der Waals surface area contributed by atoms with Gasteiger partial charge < -0.3 is 13.9 Å². The van der Waals surface area contributed by atoms with E-state index < -0.39 is 0 Å². The minimum Gasteiger partial charge on any atom is -0.463 e. The molecule has 1 amide bonds. The van der Waals surface area contributed by atoms with Gasteiger partial charge in [-0.2, -0.15) is 0 Å². The maximum Gasteiger partial charge on any atom is 0.257 e. The molecule has 1 saturated heterocycles. The molecule has 0 bridgehead atoms. The summed E-state index contributed by atoms with van der Waals surface area (Å²) in [7, 11) is 0. The molecule has 0 unspecified atom stereocenters. The first-order chi connectivity index (χ1) is 15.7. The molecule has 168 valence electrons. The number of carbonyl (C=O) groups excluding carboxylic acids is 2. The Hall–Kier alpha value is -2.88. The zero-order valence-corrected chi connectivity index (χ0v) is 18.7. The van der Waals surface area contributed by atoms with E-state index in [4.69, 9.17) is 13.9 Å². The summed E-state index contributed by atoms with van der Waals surface area (Å²) >= 11 is 1.17. The molecule has 8 nitrogen and oxygen atoms in total. The fourth-order valence-corrected chi connectivity index (χ4v) is 4.44. The summed E-state index contributed by atoms with van der Waals surface area (Å²) in [5, 5.41) is 3.16. The number of furan rings is 1. The maximum absolute atomic E-state index is 13.2. The van der Waals surface area contributed by atoms with Crippen molar-refractivity contribution in [2.24, 2.45) is 5.92 Å². The van der Waals surface area contributed by atoms with E-state index in [1.54, 1.807) is 30.5 Å². The van der Waals surface area contributed by atoms with E-state index in [2.05, 4.69) is 15.3 Å². The third-order valence-electron chi connectivity index (χ3n) is 5.10. The Morgan fingerprint density at radius 1 is 1.28 bits per heavy atom. The molecule has 0 spiro atoms. The number of anilines is 1. The number of thiazole rings is 1.